The van der Waals surface area contributed by atoms with Crippen molar-refractivity contribution in [2.75, 3.05) is 13.1 Å². The van der Waals surface area contributed by atoms with Gasteiger partial charge in [0.05, 0.1) is 11.3 Å². The van der Waals surface area contributed by atoms with Crippen LogP contribution in [0.4, 0.5) is 4.39 Å². The highest BCUT2D eigenvalue weighted by Crippen LogP contribution is 2.29. The van der Waals surface area contributed by atoms with Gasteiger partial charge in [-0.1, -0.05) is 0 Å². The number of piperidine rings is 1. The number of nitrogens with zero attached hydrogens (tertiary/aromatic N) is 3. The zero-order valence-electron chi connectivity index (χ0n) is 13.9. The molecule has 1 amide bonds. The van der Waals surface area contributed by atoms with Crippen LogP contribution in [0.25, 0.3) is 11.4 Å². The molecule has 0 spiro atoms. The largest absolute Gasteiger partial charge is 0.359 e. The third kappa shape index (κ3) is 3.41. The van der Waals surface area contributed by atoms with Crippen molar-refractivity contribution < 1.29 is 9.18 Å². The Morgan fingerprint density at radius 2 is 2.23 bits per heavy atom. The number of aromatic amines is 2. The molecule has 134 valence electrons. The van der Waals surface area contributed by atoms with E-state index in [9.17, 15) is 9.18 Å². The molecule has 6 nitrogen and oxygen atoms in total. The normalized spacial score (nSPS) is 17.5. The molecule has 1 fully saturated rings. The van der Waals surface area contributed by atoms with Crippen molar-refractivity contribution in [3.63, 3.8) is 0 Å². The van der Waals surface area contributed by atoms with Gasteiger partial charge in [-0.3, -0.25) is 9.89 Å². The van der Waals surface area contributed by atoms with Crippen LogP contribution in [0.1, 0.15) is 34.8 Å². The molecule has 3 aromatic rings. The number of hydrogen-bond acceptors (Lipinski definition) is 3. The van der Waals surface area contributed by atoms with Crippen LogP contribution in [-0.4, -0.2) is 44.1 Å². The number of H-pyrrole nitrogens is 2. The summed E-state index contributed by atoms with van der Waals surface area (Å²) in [4.78, 5) is 21.2. The monoisotopic (exact) mass is 417 g/mol. The molecule has 3 aromatic heterocycles. The average molecular weight is 418 g/mol. The third-order valence-electron chi connectivity index (χ3n) is 4.64. The molecule has 26 heavy (non-hydrogen) atoms. The highest BCUT2D eigenvalue weighted by Gasteiger charge is 2.27. The Morgan fingerprint density at radius 1 is 1.35 bits per heavy atom. The van der Waals surface area contributed by atoms with E-state index in [1.165, 1.54) is 18.3 Å². The molecule has 0 aliphatic carbocycles. The minimum Gasteiger partial charge on any atom is -0.359 e. The van der Waals surface area contributed by atoms with E-state index in [2.05, 4.69) is 36.1 Å². The van der Waals surface area contributed by atoms with E-state index in [1.807, 2.05) is 18.3 Å². The van der Waals surface area contributed by atoms with Crippen LogP contribution in [0.3, 0.4) is 0 Å². The highest BCUT2D eigenvalue weighted by atomic mass is 79.9. The minimum absolute atomic E-state index is 0.116. The number of hydrogen-bond donors (Lipinski definition) is 2. The standard InChI is InChI=1S/C18H17BrFN5O/c19-13-6-15(21-9-13)16-7-14(23-24-16)12-2-1-5-25(10-12)18(26)11-3-4-17(20)22-8-11/h3-4,6-9,12,21H,1-2,5,10H2,(H,23,24)/t12-/m0/s1. The Kier molecular flexibility index (Phi) is 4.58. The van der Waals surface area contributed by atoms with Crippen LogP contribution in [0.2, 0.25) is 0 Å². The molecular formula is C18H17BrFN5O. The number of carbonyl (C=O) groups excluding carboxylic acids is 1. The molecule has 0 aromatic carbocycles. The summed E-state index contributed by atoms with van der Waals surface area (Å²) in [6.45, 7) is 1.30. The van der Waals surface area contributed by atoms with Gasteiger partial charge in [-0.25, -0.2) is 4.98 Å². The van der Waals surface area contributed by atoms with Crippen molar-refractivity contribution >= 4 is 21.8 Å². The summed E-state index contributed by atoms with van der Waals surface area (Å²) in [5.41, 5.74) is 3.20. The van der Waals surface area contributed by atoms with Gasteiger partial charge in [-0.05, 0) is 53.0 Å². The van der Waals surface area contributed by atoms with Crippen molar-refractivity contribution in [2.45, 2.75) is 18.8 Å². The zero-order valence-corrected chi connectivity index (χ0v) is 15.5. The van der Waals surface area contributed by atoms with E-state index >= 15 is 0 Å². The van der Waals surface area contributed by atoms with Gasteiger partial charge in [0, 0.05) is 41.6 Å². The molecule has 0 bridgehead atoms. The van der Waals surface area contributed by atoms with Gasteiger partial charge < -0.3 is 9.88 Å². The van der Waals surface area contributed by atoms with Crippen LogP contribution < -0.4 is 0 Å². The Balaban J connectivity index is 1.49. The average Bonchev–Trinajstić information content (AvgIpc) is 3.31. The number of likely N-dealkylation sites (tertiary alicyclic amines) is 1. The van der Waals surface area contributed by atoms with Crippen LogP contribution >= 0.6 is 15.9 Å². The smallest absolute Gasteiger partial charge is 0.255 e. The Morgan fingerprint density at radius 3 is 2.96 bits per heavy atom. The molecule has 2 N–H and O–H groups in total. The summed E-state index contributed by atoms with van der Waals surface area (Å²) in [6.07, 6.45) is 5.05. The van der Waals surface area contributed by atoms with E-state index in [0.29, 0.717) is 18.7 Å². The first-order chi connectivity index (χ1) is 12.6. The molecule has 8 heteroatoms. The molecule has 4 rings (SSSR count). The zero-order chi connectivity index (χ0) is 18.1. The Labute approximate surface area is 158 Å². The van der Waals surface area contributed by atoms with Gasteiger partial charge in [0.15, 0.2) is 0 Å². The van der Waals surface area contributed by atoms with Crippen molar-refractivity contribution in [3.8, 4) is 11.4 Å². The van der Waals surface area contributed by atoms with Crippen molar-refractivity contribution in [3.05, 3.63) is 58.3 Å². The predicted octanol–water partition coefficient (Wildman–Crippen LogP) is 3.72. The van der Waals surface area contributed by atoms with Gasteiger partial charge in [0.25, 0.3) is 5.91 Å². The SMILES string of the molecule is O=C(c1ccc(F)nc1)N1CCC[C@H](c2cc(-c3cc(Br)c[nH]3)n[nH]2)C1. The van der Waals surface area contributed by atoms with Gasteiger partial charge in [0.2, 0.25) is 5.95 Å². The van der Waals surface area contributed by atoms with E-state index in [1.54, 1.807) is 4.90 Å². The van der Waals surface area contributed by atoms with Gasteiger partial charge >= 0.3 is 0 Å². The second-order valence-electron chi connectivity index (χ2n) is 6.40. The second-order valence-corrected chi connectivity index (χ2v) is 7.32. The maximum atomic E-state index is 13.0. The number of halogens is 2. The number of nitrogens with one attached hydrogen (secondary N) is 2. The fourth-order valence-corrected chi connectivity index (χ4v) is 3.64. The molecule has 1 aliphatic heterocycles. The quantitative estimate of drug-likeness (QED) is 0.637. The summed E-state index contributed by atoms with van der Waals surface area (Å²) in [6, 6.07) is 6.69. The lowest BCUT2D eigenvalue weighted by Gasteiger charge is -2.32. The van der Waals surface area contributed by atoms with Gasteiger partial charge in [-0.15, -0.1) is 0 Å². The van der Waals surface area contributed by atoms with Crippen LogP contribution in [0.15, 0.2) is 41.1 Å². The number of carbonyl (C=O) groups is 1. The highest BCUT2D eigenvalue weighted by molar-refractivity contribution is 9.10. The van der Waals surface area contributed by atoms with Crippen molar-refractivity contribution in [1.29, 1.82) is 0 Å². The third-order valence-corrected chi connectivity index (χ3v) is 5.10. The fourth-order valence-electron chi connectivity index (χ4n) is 3.30. The molecule has 0 radical (unpaired) electrons. The number of aromatic nitrogens is 4. The number of amides is 1. The number of rotatable bonds is 3. The topological polar surface area (TPSA) is 77.7 Å². The second kappa shape index (κ2) is 7.03. The number of pyridine rings is 1. The van der Waals surface area contributed by atoms with Gasteiger partial charge in [0.1, 0.15) is 5.69 Å². The maximum Gasteiger partial charge on any atom is 0.255 e. The van der Waals surface area contributed by atoms with E-state index in [0.717, 1.165) is 34.4 Å². The lowest BCUT2D eigenvalue weighted by atomic mass is 9.94. The lowest BCUT2D eigenvalue weighted by Crippen LogP contribution is -2.39. The summed E-state index contributed by atoms with van der Waals surface area (Å²) in [5.74, 6) is -0.505. The predicted molar refractivity (Wildman–Crippen MR) is 98.1 cm³/mol. The first-order valence-electron chi connectivity index (χ1n) is 8.40. The Bertz CT molecular complexity index is 920. The van der Waals surface area contributed by atoms with Crippen LogP contribution in [0.5, 0.6) is 0 Å². The summed E-state index contributed by atoms with van der Waals surface area (Å²) >= 11 is 3.42. The first kappa shape index (κ1) is 17.0. The summed E-state index contributed by atoms with van der Waals surface area (Å²) in [5, 5.41) is 7.49. The molecule has 1 atom stereocenters. The van der Waals surface area contributed by atoms with E-state index < -0.39 is 5.95 Å². The van der Waals surface area contributed by atoms with Crippen molar-refractivity contribution in [2.24, 2.45) is 0 Å². The molecule has 0 saturated carbocycles. The molecule has 1 saturated heterocycles. The minimum atomic E-state index is -0.584. The first-order valence-corrected chi connectivity index (χ1v) is 9.20. The molecule has 0 unspecified atom stereocenters. The fraction of sp³-hybridized carbons (Fsp3) is 0.278. The summed E-state index contributed by atoms with van der Waals surface area (Å²) < 4.78 is 13.9. The lowest BCUT2D eigenvalue weighted by molar-refractivity contribution is 0.0705. The van der Waals surface area contributed by atoms with Crippen LogP contribution in [0, 0.1) is 5.95 Å². The molecule has 4 heterocycles. The maximum absolute atomic E-state index is 13.0. The van der Waals surface area contributed by atoms with Gasteiger partial charge in [-0.2, -0.15) is 9.49 Å². The Hall–Kier alpha value is -2.48. The molecular weight excluding hydrogens is 401 g/mol. The molecule has 1 aliphatic rings. The van der Waals surface area contributed by atoms with E-state index in [-0.39, 0.29) is 11.8 Å². The summed E-state index contributed by atoms with van der Waals surface area (Å²) in [7, 11) is 0. The van der Waals surface area contributed by atoms with Crippen LogP contribution in [-0.2, 0) is 0 Å². The van der Waals surface area contributed by atoms with E-state index in [4.69, 9.17) is 0 Å². The van der Waals surface area contributed by atoms with Crippen molar-refractivity contribution in [1.82, 2.24) is 25.1 Å².